The predicted molar refractivity (Wildman–Crippen MR) is 73.4 cm³/mol. The first-order valence-electron chi connectivity index (χ1n) is 6.41. The fourth-order valence-electron chi connectivity index (χ4n) is 2.06. The van der Waals surface area contributed by atoms with E-state index in [9.17, 15) is 9.59 Å². The highest BCUT2D eigenvalue weighted by Crippen LogP contribution is 2.16. The quantitative estimate of drug-likeness (QED) is 0.918. The molecule has 0 spiro atoms. The lowest BCUT2D eigenvalue weighted by Gasteiger charge is -2.16. The Hall–Kier alpha value is -2.37. The van der Waals surface area contributed by atoms with Crippen LogP contribution in [-0.4, -0.2) is 15.7 Å². The van der Waals surface area contributed by atoms with E-state index in [1.54, 1.807) is 17.8 Å². The highest BCUT2D eigenvalue weighted by atomic mass is 16.3. The Morgan fingerprint density at radius 2 is 2.25 bits per heavy atom. The summed E-state index contributed by atoms with van der Waals surface area (Å²) in [5.74, 6) is 0.0331. The molecule has 106 valence electrons. The van der Waals surface area contributed by atoms with Crippen LogP contribution in [0, 0.1) is 6.92 Å². The molecule has 2 heterocycles. The lowest BCUT2D eigenvalue weighted by atomic mass is 10.1. The highest BCUT2D eigenvalue weighted by molar-refractivity contribution is 5.91. The molecule has 0 aliphatic rings. The Balaban J connectivity index is 2.21. The third-order valence-corrected chi connectivity index (χ3v) is 3.04. The zero-order valence-electron chi connectivity index (χ0n) is 11.7. The van der Waals surface area contributed by atoms with Gasteiger partial charge in [0.1, 0.15) is 5.76 Å². The van der Waals surface area contributed by atoms with Crippen molar-refractivity contribution in [3.8, 4) is 0 Å². The molecule has 0 unspecified atom stereocenters. The van der Waals surface area contributed by atoms with Gasteiger partial charge in [-0.3, -0.25) is 14.3 Å². The predicted octanol–water partition coefficient (Wildman–Crippen LogP) is 1.56. The number of rotatable bonds is 4. The SMILES string of the molecule is CC[C@@H](NC(=O)c1cc(=O)cc(C)o1)c1ccnn1C. The number of carbonyl (C=O) groups excluding carboxylic acids is 1. The van der Waals surface area contributed by atoms with E-state index in [2.05, 4.69) is 10.4 Å². The maximum absolute atomic E-state index is 12.2. The number of hydrogen-bond donors (Lipinski definition) is 1. The molecular weight excluding hydrogens is 258 g/mol. The topological polar surface area (TPSA) is 77.1 Å². The minimum atomic E-state index is -0.404. The van der Waals surface area contributed by atoms with Crippen LogP contribution in [0.2, 0.25) is 0 Å². The highest BCUT2D eigenvalue weighted by Gasteiger charge is 2.18. The molecule has 6 nitrogen and oxygen atoms in total. The van der Waals surface area contributed by atoms with Gasteiger partial charge in [0, 0.05) is 25.4 Å². The number of nitrogens with one attached hydrogen (secondary N) is 1. The first-order valence-corrected chi connectivity index (χ1v) is 6.41. The van der Waals surface area contributed by atoms with Crippen molar-refractivity contribution in [1.29, 1.82) is 0 Å². The lowest BCUT2D eigenvalue weighted by Crippen LogP contribution is -2.30. The molecule has 2 rings (SSSR count). The van der Waals surface area contributed by atoms with Crippen molar-refractivity contribution >= 4 is 5.91 Å². The van der Waals surface area contributed by atoms with Gasteiger partial charge in [-0.05, 0) is 19.4 Å². The standard InChI is InChI=1S/C14H17N3O3/c1-4-11(12-5-6-15-17(12)3)16-14(19)13-8-10(18)7-9(2)20-13/h5-8,11H,4H2,1-3H3,(H,16,19)/t11-/m1/s1. The molecule has 0 saturated heterocycles. The molecule has 1 N–H and O–H groups in total. The fourth-order valence-corrected chi connectivity index (χ4v) is 2.06. The van der Waals surface area contributed by atoms with E-state index in [0.29, 0.717) is 12.2 Å². The van der Waals surface area contributed by atoms with E-state index in [4.69, 9.17) is 4.42 Å². The molecule has 0 bridgehead atoms. The molecule has 0 aromatic carbocycles. The molecule has 20 heavy (non-hydrogen) atoms. The summed E-state index contributed by atoms with van der Waals surface area (Å²) in [6.45, 7) is 3.60. The smallest absolute Gasteiger partial charge is 0.287 e. The summed E-state index contributed by atoms with van der Waals surface area (Å²) in [4.78, 5) is 23.6. The second-order valence-electron chi connectivity index (χ2n) is 4.58. The second-order valence-corrected chi connectivity index (χ2v) is 4.58. The number of aryl methyl sites for hydroxylation is 2. The Labute approximate surface area is 116 Å². The monoisotopic (exact) mass is 275 g/mol. The van der Waals surface area contributed by atoms with Gasteiger partial charge in [0.25, 0.3) is 5.91 Å². The average molecular weight is 275 g/mol. The van der Waals surface area contributed by atoms with E-state index in [1.165, 1.54) is 12.1 Å². The average Bonchev–Trinajstić information content (AvgIpc) is 2.80. The van der Waals surface area contributed by atoms with Gasteiger partial charge in [-0.2, -0.15) is 5.10 Å². The number of hydrogen-bond acceptors (Lipinski definition) is 4. The number of carbonyl (C=O) groups is 1. The summed E-state index contributed by atoms with van der Waals surface area (Å²) < 4.78 is 6.99. The van der Waals surface area contributed by atoms with Crippen molar-refractivity contribution in [1.82, 2.24) is 15.1 Å². The van der Waals surface area contributed by atoms with Gasteiger partial charge >= 0.3 is 0 Å². The summed E-state index contributed by atoms with van der Waals surface area (Å²) in [7, 11) is 1.82. The lowest BCUT2D eigenvalue weighted by molar-refractivity contribution is 0.0901. The van der Waals surface area contributed by atoms with E-state index in [1.807, 2.05) is 20.0 Å². The summed E-state index contributed by atoms with van der Waals surface area (Å²) >= 11 is 0. The molecule has 0 aliphatic heterocycles. The zero-order valence-corrected chi connectivity index (χ0v) is 11.7. The molecule has 2 aromatic rings. The van der Waals surface area contributed by atoms with Crippen LogP contribution in [0.1, 0.15) is 41.4 Å². The maximum atomic E-state index is 12.2. The van der Waals surface area contributed by atoms with E-state index < -0.39 is 5.91 Å². The zero-order chi connectivity index (χ0) is 14.7. The van der Waals surface area contributed by atoms with Gasteiger partial charge in [-0.15, -0.1) is 0 Å². The molecular formula is C14H17N3O3. The van der Waals surface area contributed by atoms with Crippen molar-refractivity contribution in [2.24, 2.45) is 7.05 Å². The fraction of sp³-hybridized carbons (Fsp3) is 0.357. The van der Waals surface area contributed by atoms with Crippen LogP contribution in [0.5, 0.6) is 0 Å². The van der Waals surface area contributed by atoms with Crippen LogP contribution in [0.3, 0.4) is 0 Å². The van der Waals surface area contributed by atoms with E-state index in [0.717, 1.165) is 5.69 Å². The maximum Gasteiger partial charge on any atom is 0.287 e. The van der Waals surface area contributed by atoms with Gasteiger partial charge in [-0.25, -0.2) is 0 Å². The van der Waals surface area contributed by atoms with Crippen molar-refractivity contribution < 1.29 is 9.21 Å². The molecule has 2 aromatic heterocycles. The number of nitrogens with zero attached hydrogens (tertiary/aromatic N) is 2. The minimum Gasteiger partial charge on any atom is -0.456 e. The number of aromatic nitrogens is 2. The van der Waals surface area contributed by atoms with E-state index >= 15 is 0 Å². The largest absolute Gasteiger partial charge is 0.456 e. The molecule has 0 saturated carbocycles. The van der Waals surface area contributed by atoms with Gasteiger partial charge in [0.2, 0.25) is 0 Å². The van der Waals surface area contributed by atoms with Gasteiger partial charge in [-0.1, -0.05) is 6.92 Å². The van der Waals surface area contributed by atoms with Crippen molar-refractivity contribution in [3.05, 3.63) is 51.8 Å². The first-order chi connectivity index (χ1) is 9.51. The molecule has 6 heteroatoms. The third-order valence-electron chi connectivity index (χ3n) is 3.04. The van der Waals surface area contributed by atoms with Crippen molar-refractivity contribution in [2.75, 3.05) is 0 Å². The Bertz CT molecular complexity index is 672. The molecule has 0 aliphatic carbocycles. The molecule has 1 atom stereocenters. The van der Waals surface area contributed by atoms with Crippen molar-refractivity contribution in [2.45, 2.75) is 26.3 Å². The second kappa shape index (κ2) is 5.73. The van der Waals surface area contributed by atoms with Gasteiger partial charge in [0.15, 0.2) is 11.2 Å². The summed E-state index contributed by atoms with van der Waals surface area (Å²) in [5, 5.41) is 6.93. The van der Waals surface area contributed by atoms with Crippen LogP contribution in [-0.2, 0) is 7.05 Å². The molecule has 0 fully saturated rings. The summed E-state index contributed by atoms with van der Waals surface area (Å²) in [6.07, 6.45) is 2.39. The van der Waals surface area contributed by atoms with Crippen LogP contribution >= 0.6 is 0 Å². The van der Waals surface area contributed by atoms with E-state index in [-0.39, 0.29) is 17.2 Å². The Kier molecular flexibility index (Phi) is 4.02. The van der Waals surface area contributed by atoms with Crippen LogP contribution in [0.25, 0.3) is 0 Å². The van der Waals surface area contributed by atoms with Gasteiger partial charge in [0.05, 0.1) is 11.7 Å². The van der Waals surface area contributed by atoms with Crippen LogP contribution < -0.4 is 10.7 Å². The molecule has 1 amide bonds. The Morgan fingerprint density at radius 1 is 1.50 bits per heavy atom. The molecule has 0 radical (unpaired) electrons. The summed E-state index contributed by atoms with van der Waals surface area (Å²) in [5.41, 5.74) is 0.656. The van der Waals surface area contributed by atoms with Crippen LogP contribution in [0.4, 0.5) is 0 Å². The number of amides is 1. The third kappa shape index (κ3) is 2.96. The minimum absolute atomic E-state index is 0.0237. The summed E-state index contributed by atoms with van der Waals surface area (Å²) in [6, 6.07) is 4.20. The normalized spacial score (nSPS) is 12.2. The van der Waals surface area contributed by atoms with Gasteiger partial charge < -0.3 is 9.73 Å². The van der Waals surface area contributed by atoms with Crippen molar-refractivity contribution in [3.63, 3.8) is 0 Å². The van der Waals surface area contributed by atoms with Crippen LogP contribution in [0.15, 0.2) is 33.6 Å². The first kappa shape index (κ1) is 14.0. The Morgan fingerprint density at radius 3 is 2.80 bits per heavy atom.